The second-order valence-electron chi connectivity index (χ2n) is 4.69. The summed E-state index contributed by atoms with van der Waals surface area (Å²) >= 11 is 0. The Morgan fingerprint density at radius 2 is 2.11 bits per heavy atom. The van der Waals surface area contributed by atoms with Gasteiger partial charge in [-0.25, -0.2) is 4.98 Å². The Balaban J connectivity index is 1.98. The zero-order chi connectivity index (χ0) is 14.0. The molecule has 1 aromatic rings. The molecule has 0 radical (unpaired) electrons. The first-order chi connectivity index (χ1) is 8.86. The van der Waals surface area contributed by atoms with Crippen molar-refractivity contribution in [2.75, 3.05) is 5.32 Å². The number of anilines is 1. The lowest BCUT2D eigenvalue weighted by Gasteiger charge is -2.11. The summed E-state index contributed by atoms with van der Waals surface area (Å²) < 4.78 is 36.9. The summed E-state index contributed by atoms with van der Waals surface area (Å²) in [5, 5.41) is 2.56. The molecule has 104 valence electrons. The van der Waals surface area contributed by atoms with E-state index in [1.807, 2.05) is 0 Å². The molecular weight excluding hydrogens is 259 g/mol. The number of nitrogens with one attached hydrogen (secondary N) is 1. The average molecular weight is 273 g/mol. The van der Waals surface area contributed by atoms with Crippen LogP contribution in [0.5, 0.6) is 0 Å². The van der Waals surface area contributed by atoms with Crippen LogP contribution in [-0.2, 0) is 11.0 Å². The Morgan fingerprint density at radius 1 is 1.37 bits per heavy atom. The van der Waals surface area contributed by atoms with Crippen molar-refractivity contribution in [2.24, 2.45) is 11.7 Å². The van der Waals surface area contributed by atoms with Crippen molar-refractivity contribution < 1.29 is 18.0 Å². The summed E-state index contributed by atoms with van der Waals surface area (Å²) in [4.78, 5) is 15.1. The first kappa shape index (κ1) is 13.8. The van der Waals surface area contributed by atoms with Crippen molar-refractivity contribution >= 4 is 11.6 Å². The molecule has 0 bridgehead atoms. The number of carbonyl (C=O) groups excluding carboxylic acids is 1. The van der Waals surface area contributed by atoms with Crippen LogP contribution in [0.1, 0.15) is 25.0 Å². The van der Waals surface area contributed by atoms with Gasteiger partial charge < -0.3 is 11.1 Å². The highest BCUT2D eigenvalue weighted by Gasteiger charge is 2.32. The van der Waals surface area contributed by atoms with Gasteiger partial charge in [-0.15, -0.1) is 0 Å². The molecule has 4 nitrogen and oxygen atoms in total. The smallest absolute Gasteiger partial charge is 0.328 e. The standard InChI is InChI=1S/C12H14F3N3O/c13-12(14,15)10-4-3-9(6-17-10)18-11(19)7-1-2-8(16)5-7/h3-4,6-8H,1-2,5,16H2,(H,18,19). The number of carbonyl (C=O) groups is 1. The van der Waals surface area contributed by atoms with Crippen LogP contribution in [0, 0.1) is 5.92 Å². The fourth-order valence-corrected chi connectivity index (χ4v) is 2.13. The minimum atomic E-state index is -4.47. The molecule has 1 saturated carbocycles. The highest BCUT2D eigenvalue weighted by Crippen LogP contribution is 2.28. The summed E-state index contributed by atoms with van der Waals surface area (Å²) in [6.07, 6.45) is -1.35. The lowest BCUT2D eigenvalue weighted by Crippen LogP contribution is -2.23. The van der Waals surface area contributed by atoms with Gasteiger partial charge in [0, 0.05) is 12.0 Å². The summed E-state index contributed by atoms with van der Waals surface area (Å²) in [5.74, 6) is -0.383. The summed E-state index contributed by atoms with van der Waals surface area (Å²) in [6.45, 7) is 0. The predicted octanol–water partition coefficient (Wildman–Crippen LogP) is 2.17. The number of halogens is 3. The Morgan fingerprint density at radius 3 is 2.58 bits per heavy atom. The highest BCUT2D eigenvalue weighted by molar-refractivity contribution is 5.92. The van der Waals surface area contributed by atoms with Crippen molar-refractivity contribution in [1.29, 1.82) is 0 Å². The molecule has 1 fully saturated rings. The largest absolute Gasteiger partial charge is 0.433 e. The highest BCUT2D eigenvalue weighted by atomic mass is 19.4. The van der Waals surface area contributed by atoms with Gasteiger partial charge in [0.1, 0.15) is 5.69 Å². The van der Waals surface area contributed by atoms with Crippen LogP contribution in [0.3, 0.4) is 0 Å². The van der Waals surface area contributed by atoms with Gasteiger partial charge >= 0.3 is 6.18 Å². The summed E-state index contributed by atoms with van der Waals surface area (Å²) in [6, 6.07) is 2.07. The molecule has 1 aliphatic carbocycles. The molecule has 1 heterocycles. The molecule has 3 N–H and O–H groups in total. The van der Waals surface area contributed by atoms with E-state index < -0.39 is 11.9 Å². The zero-order valence-corrected chi connectivity index (χ0v) is 10.1. The Bertz CT molecular complexity index is 458. The molecule has 7 heteroatoms. The number of amides is 1. The molecule has 0 saturated heterocycles. The third kappa shape index (κ3) is 3.44. The third-order valence-electron chi connectivity index (χ3n) is 3.17. The van der Waals surface area contributed by atoms with Crippen molar-refractivity contribution in [2.45, 2.75) is 31.5 Å². The monoisotopic (exact) mass is 273 g/mol. The number of nitrogens with zero attached hydrogens (tertiary/aromatic N) is 1. The number of aromatic nitrogens is 1. The number of hydrogen-bond donors (Lipinski definition) is 2. The van der Waals surface area contributed by atoms with E-state index in [0.29, 0.717) is 12.8 Å². The third-order valence-corrected chi connectivity index (χ3v) is 3.17. The van der Waals surface area contributed by atoms with E-state index in [1.165, 1.54) is 6.07 Å². The fourth-order valence-electron chi connectivity index (χ4n) is 2.13. The van der Waals surface area contributed by atoms with Crippen molar-refractivity contribution in [3.8, 4) is 0 Å². The van der Waals surface area contributed by atoms with Crippen LogP contribution in [0.15, 0.2) is 18.3 Å². The van der Waals surface area contributed by atoms with Crippen LogP contribution in [-0.4, -0.2) is 16.9 Å². The molecule has 1 aromatic heterocycles. The maximum absolute atomic E-state index is 12.3. The van der Waals surface area contributed by atoms with Gasteiger partial charge in [-0.1, -0.05) is 0 Å². The molecule has 1 aliphatic rings. The van der Waals surface area contributed by atoms with Crippen LogP contribution in [0.4, 0.5) is 18.9 Å². The molecule has 2 unspecified atom stereocenters. The normalized spacial score (nSPS) is 23.4. The van der Waals surface area contributed by atoms with E-state index in [1.54, 1.807) is 0 Å². The van der Waals surface area contributed by atoms with Crippen LogP contribution < -0.4 is 11.1 Å². The maximum Gasteiger partial charge on any atom is 0.433 e. The van der Waals surface area contributed by atoms with Gasteiger partial charge in [-0.05, 0) is 31.4 Å². The lowest BCUT2D eigenvalue weighted by molar-refractivity contribution is -0.141. The number of hydrogen-bond acceptors (Lipinski definition) is 3. The maximum atomic E-state index is 12.3. The molecule has 0 aliphatic heterocycles. The van der Waals surface area contributed by atoms with Gasteiger partial charge in [0.25, 0.3) is 0 Å². The van der Waals surface area contributed by atoms with Gasteiger partial charge in [0.15, 0.2) is 0 Å². The van der Waals surface area contributed by atoms with Crippen LogP contribution in [0.2, 0.25) is 0 Å². The minimum Gasteiger partial charge on any atom is -0.328 e. The van der Waals surface area contributed by atoms with Gasteiger partial charge in [0.05, 0.1) is 11.9 Å². The Kier molecular flexibility index (Phi) is 3.75. The molecule has 0 aromatic carbocycles. The second kappa shape index (κ2) is 5.16. The number of alkyl halides is 3. The topological polar surface area (TPSA) is 68.0 Å². The SMILES string of the molecule is NC1CCC(C(=O)Nc2ccc(C(F)(F)F)nc2)C1. The lowest BCUT2D eigenvalue weighted by atomic mass is 10.1. The molecule has 0 spiro atoms. The Hall–Kier alpha value is -1.63. The van der Waals surface area contributed by atoms with E-state index in [0.717, 1.165) is 18.7 Å². The van der Waals surface area contributed by atoms with E-state index in [4.69, 9.17) is 5.73 Å². The summed E-state index contributed by atoms with van der Waals surface area (Å²) in [7, 11) is 0. The van der Waals surface area contributed by atoms with E-state index in [9.17, 15) is 18.0 Å². The van der Waals surface area contributed by atoms with E-state index in [-0.39, 0.29) is 23.6 Å². The Labute approximate surface area is 108 Å². The average Bonchev–Trinajstić information content (AvgIpc) is 2.75. The van der Waals surface area contributed by atoms with Crippen molar-refractivity contribution in [1.82, 2.24) is 4.98 Å². The number of pyridine rings is 1. The van der Waals surface area contributed by atoms with E-state index >= 15 is 0 Å². The molecule has 1 amide bonds. The fraction of sp³-hybridized carbons (Fsp3) is 0.500. The summed E-state index contributed by atoms with van der Waals surface area (Å²) in [5.41, 5.74) is 4.99. The van der Waals surface area contributed by atoms with Crippen molar-refractivity contribution in [3.05, 3.63) is 24.0 Å². The van der Waals surface area contributed by atoms with Gasteiger partial charge in [0.2, 0.25) is 5.91 Å². The minimum absolute atomic E-state index is 0.0291. The molecule has 2 atom stereocenters. The van der Waals surface area contributed by atoms with E-state index in [2.05, 4.69) is 10.3 Å². The van der Waals surface area contributed by atoms with Gasteiger partial charge in [-0.2, -0.15) is 13.2 Å². The number of nitrogens with two attached hydrogens (primary N) is 1. The molecule has 2 rings (SSSR count). The number of rotatable bonds is 2. The predicted molar refractivity (Wildman–Crippen MR) is 63.2 cm³/mol. The zero-order valence-electron chi connectivity index (χ0n) is 10.1. The quantitative estimate of drug-likeness (QED) is 0.867. The first-order valence-electron chi connectivity index (χ1n) is 5.96. The molecular formula is C12H14F3N3O. The van der Waals surface area contributed by atoms with Crippen molar-refractivity contribution in [3.63, 3.8) is 0 Å². The van der Waals surface area contributed by atoms with Gasteiger partial charge in [-0.3, -0.25) is 4.79 Å². The molecule has 19 heavy (non-hydrogen) atoms. The van der Waals surface area contributed by atoms with Crippen LogP contribution in [0.25, 0.3) is 0 Å². The first-order valence-corrected chi connectivity index (χ1v) is 5.96. The second-order valence-corrected chi connectivity index (χ2v) is 4.69. The van der Waals surface area contributed by atoms with Crippen LogP contribution >= 0.6 is 0 Å².